The minimum absolute atomic E-state index is 0.185. The number of aromatic nitrogens is 3. The first-order valence-electron chi connectivity index (χ1n) is 5.03. The Hall–Kier alpha value is -2.43. The van der Waals surface area contributed by atoms with Gasteiger partial charge in [0.25, 0.3) is 0 Å². The number of ether oxygens (including phenoxy) is 1. The molecule has 1 aromatic heterocycles. The fraction of sp³-hybridized carbons (Fsp3) is 0.0833. The topological polar surface area (TPSA) is 57.0 Å². The van der Waals surface area contributed by atoms with Gasteiger partial charge in [-0.25, -0.2) is 9.48 Å². The Morgan fingerprint density at radius 1 is 1.35 bits per heavy atom. The third-order valence-corrected chi connectivity index (χ3v) is 2.12. The number of hydrogen-bond donors (Lipinski definition) is 0. The monoisotopic (exact) mass is 229 g/mol. The van der Waals surface area contributed by atoms with E-state index in [4.69, 9.17) is 0 Å². The van der Waals surface area contributed by atoms with Crippen molar-refractivity contribution in [3.05, 3.63) is 47.8 Å². The zero-order valence-electron chi connectivity index (χ0n) is 9.28. The van der Waals surface area contributed by atoms with Gasteiger partial charge >= 0.3 is 5.97 Å². The second kappa shape index (κ2) is 5.07. The van der Waals surface area contributed by atoms with Gasteiger partial charge in [0.15, 0.2) is 5.69 Å². The molecule has 0 fully saturated rings. The summed E-state index contributed by atoms with van der Waals surface area (Å²) in [6.07, 6.45) is 5.09. The number of nitrogens with zero attached hydrogens (tertiary/aromatic N) is 3. The molecule has 0 spiro atoms. The zero-order valence-corrected chi connectivity index (χ0v) is 9.28. The Morgan fingerprint density at radius 3 is 2.82 bits per heavy atom. The molecule has 86 valence electrons. The lowest BCUT2D eigenvalue weighted by Gasteiger charge is -1.91. The van der Waals surface area contributed by atoms with Gasteiger partial charge in [0.1, 0.15) is 0 Å². The first-order chi connectivity index (χ1) is 8.29. The Labute approximate surface area is 98.3 Å². The first-order valence-corrected chi connectivity index (χ1v) is 5.03. The molecular weight excluding hydrogens is 218 g/mol. The van der Waals surface area contributed by atoms with Crippen LogP contribution >= 0.6 is 0 Å². The van der Waals surface area contributed by atoms with Gasteiger partial charge in [0.2, 0.25) is 0 Å². The van der Waals surface area contributed by atoms with Crippen molar-refractivity contribution in [3.63, 3.8) is 0 Å². The molecule has 17 heavy (non-hydrogen) atoms. The maximum atomic E-state index is 11.1. The van der Waals surface area contributed by atoms with E-state index >= 15 is 0 Å². The van der Waals surface area contributed by atoms with Gasteiger partial charge in [0.05, 0.1) is 13.3 Å². The number of carbonyl (C=O) groups excluding carboxylic acids is 1. The summed E-state index contributed by atoms with van der Waals surface area (Å²) < 4.78 is 5.99. The normalized spacial score (nSPS) is 10.6. The van der Waals surface area contributed by atoms with Crippen molar-refractivity contribution in [2.45, 2.75) is 0 Å². The largest absolute Gasteiger partial charge is 0.464 e. The van der Waals surface area contributed by atoms with Crippen LogP contribution in [0.4, 0.5) is 0 Å². The van der Waals surface area contributed by atoms with Crippen molar-refractivity contribution in [1.29, 1.82) is 0 Å². The maximum Gasteiger partial charge on any atom is 0.360 e. The lowest BCUT2D eigenvalue weighted by atomic mass is 10.2. The molecule has 0 saturated carbocycles. The van der Waals surface area contributed by atoms with Crippen molar-refractivity contribution in [2.24, 2.45) is 0 Å². The van der Waals surface area contributed by atoms with Crippen molar-refractivity contribution in [3.8, 4) is 0 Å². The van der Waals surface area contributed by atoms with E-state index in [-0.39, 0.29) is 5.69 Å². The molecule has 1 aromatic carbocycles. The van der Waals surface area contributed by atoms with E-state index in [0.717, 1.165) is 5.56 Å². The minimum Gasteiger partial charge on any atom is -0.464 e. The minimum atomic E-state index is -0.496. The predicted octanol–water partition coefficient (Wildman–Crippen LogP) is 1.69. The van der Waals surface area contributed by atoms with Crippen LogP contribution in [0, 0.1) is 0 Å². The van der Waals surface area contributed by atoms with Crippen LogP contribution in [0.1, 0.15) is 16.1 Å². The van der Waals surface area contributed by atoms with Gasteiger partial charge < -0.3 is 4.74 Å². The molecule has 0 N–H and O–H groups in total. The fourth-order valence-corrected chi connectivity index (χ4v) is 1.27. The summed E-state index contributed by atoms with van der Waals surface area (Å²) in [5.41, 5.74) is 1.23. The fourth-order valence-electron chi connectivity index (χ4n) is 1.27. The van der Waals surface area contributed by atoms with E-state index in [9.17, 15) is 4.79 Å². The highest BCUT2D eigenvalue weighted by atomic mass is 16.5. The number of carbonyl (C=O) groups is 1. The number of hydrogen-bond acceptors (Lipinski definition) is 4. The summed E-state index contributed by atoms with van der Waals surface area (Å²) in [6.45, 7) is 0. The molecule has 0 atom stereocenters. The molecule has 0 aliphatic rings. The third kappa shape index (κ3) is 2.78. The average molecular weight is 229 g/mol. The molecule has 0 bridgehead atoms. The molecule has 0 aliphatic heterocycles. The Morgan fingerprint density at radius 2 is 2.12 bits per heavy atom. The lowest BCUT2D eigenvalue weighted by molar-refractivity contribution is 0.0594. The Bertz CT molecular complexity index is 532. The van der Waals surface area contributed by atoms with Crippen molar-refractivity contribution >= 4 is 18.2 Å². The maximum absolute atomic E-state index is 11.1. The standard InChI is InChI=1S/C12H11N3O2/c1-17-12(16)11-9-15(14-13-11)8-7-10-5-3-2-4-6-10/h2-9H,1H3/b8-7+. The second-order valence-corrected chi connectivity index (χ2v) is 3.30. The number of benzene rings is 1. The van der Waals surface area contributed by atoms with Gasteiger partial charge in [-0.15, -0.1) is 5.10 Å². The molecule has 2 rings (SSSR count). The van der Waals surface area contributed by atoms with E-state index in [1.165, 1.54) is 18.0 Å². The van der Waals surface area contributed by atoms with E-state index in [2.05, 4.69) is 15.0 Å². The van der Waals surface area contributed by atoms with Crippen LogP contribution in [-0.4, -0.2) is 28.1 Å². The average Bonchev–Trinajstić information content (AvgIpc) is 2.85. The van der Waals surface area contributed by atoms with Gasteiger partial charge in [-0.2, -0.15) is 0 Å². The first kappa shape index (κ1) is 11.1. The molecule has 1 heterocycles. The van der Waals surface area contributed by atoms with Crippen molar-refractivity contribution in [1.82, 2.24) is 15.0 Å². The Kier molecular flexibility index (Phi) is 3.30. The quantitative estimate of drug-likeness (QED) is 0.751. The van der Waals surface area contributed by atoms with E-state index < -0.39 is 5.97 Å². The van der Waals surface area contributed by atoms with E-state index in [1.807, 2.05) is 36.4 Å². The van der Waals surface area contributed by atoms with Crippen LogP contribution in [0.25, 0.3) is 12.3 Å². The predicted molar refractivity (Wildman–Crippen MR) is 63.0 cm³/mol. The van der Waals surface area contributed by atoms with Crippen LogP contribution in [-0.2, 0) is 4.74 Å². The van der Waals surface area contributed by atoms with Gasteiger partial charge in [-0.1, -0.05) is 35.5 Å². The molecule has 5 nitrogen and oxygen atoms in total. The number of esters is 1. The highest BCUT2D eigenvalue weighted by molar-refractivity contribution is 5.86. The molecule has 2 aromatic rings. The molecule has 0 saturated heterocycles. The summed E-state index contributed by atoms with van der Waals surface area (Å²) in [6, 6.07) is 9.77. The van der Waals surface area contributed by atoms with Gasteiger partial charge in [-0.3, -0.25) is 0 Å². The molecule has 0 amide bonds. The number of methoxy groups -OCH3 is 1. The van der Waals surface area contributed by atoms with E-state index in [0.29, 0.717) is 0 Å². The number of rotatable bonds is 3. The van der Waals surface area contributed by atoms with Crippen LogP contribution in [0.3, 0.4) is 0 Å². The molecule has 0 unspecified atom stereocenters. The van der Waals surface area contributed by atoms with Crippen LogP contribution in [0.5, 0.6) is 0 Å². The zero-order chi connectivity index (χ0) is 12.1. The van der Waals surface area contributed by atoms with Crippen LogP contribution in [0.15, 0.2) is 36.5 Å². The summed E-state index contributed by atoms with van der Waals surface area (Å²) in [5, 5.41) is 7.47. The highest BCUT2D eigenvalue weighted by Gasteiger charge is 2.08. The molecule has 0 aliphatic carbocycles. The highest BCUT2D eigenvalue weighted by Crippen LogP contribution is 2.03. The lowest BCUT2D eigenvalue weighted by Crippen LogP contribution is -2.00. The van der Waals surface area contributed by atoms with E-state index in [1.54, 1.807) is 6.20 Å². The summed E-state index contributed by atoms with van der Waals surface area (Å²) in [4.78, 5) is 11.1. The smallest absolute Gasteiger partial charge is 0.360 e. The summed E-state index contributed by atoms with van der Waals surface area (Å²) in [7, 11) is 1.31. The summed E-state index contributed by atoms with van der Waals surface area (Å²) >= 11 is 0. The summed E-state index contributed by atoms with van der Waals surface area (Å²) in [5.74, 6) is -0.496. The SMILES string of the molecule is COC(=O)c1cn(/C=C/c2ccccc2)nn1. The van der Waals surface area contributed by atoms with Crippen LogP contribution < -0.4 is 0 Å². The van der Waals surface area contributed by atoms with Crippen LogP contribution in [0.2, 0.25) is 0 Å². The molecular formula is C12H11N3O2. The van der Waals surface area contributed by atoms with Crippen molar-refractivity contribution < 1.29 is 9.53 Å². The molecule has 0 radical (unpaired) electrons. The van der Waals surface area contributed by atoms with Crippen molar-refractivity contribution in [2.75, 3.05) is 7.11 Å². The second-order valence-electron chi connectivity index (χ2n) is 3.30. The van der Waals surface area contributed by atoms with Gasteiger partial charge in [0, 0.05) is 6.20 Å². The molecule has 5 heteroatoms. The van der Waals surface area contributed by atoms with Gasteiger partial charge in [-0.05, 0) is 11.6 Å². The third-order valence-electron chi connectivity index (χ3n) is 2.12. The Balaban J connectivity index is 2.12.